The summed E-state index contributed by atoms with van der Waals surface area (Å²) in [6.07, 6.45) is 2.26. The van der Waals surface area contributed by atoms with Crippen LogP contribution in [0.5, 0.6) is 0 Å². The molecule has 0 radical (unpaired) electrons. The molecule has 1 heterocycles. The van der Waals surface area contributed by atoms with Crippen molar-refractivity contribution in [1.29, 1.82) is 0 Å². The molecule has 1 unspecified atom stereocenters. The van der Waals surface area contributed by atoms with Crippen LogP contribution in [0.2, 0.25) is 0 Å². The minimum absolute atomic E-state index is 0.429. The average molecular weight is 273 g/mol. The highest BCUT2D eigenvalue weighted by atomic mass is 32.1. The number of aryl methyl sites for hydroxylation is 1. The third-order valence-electron chi connectivity index (χ3n) is 3.65. The van der Waals surface area contributed by atoms with Crippen molar-refractivity contribution in [2.24, 2.45) is 0 Å². The summed E-state index contributed by atoms with van der Waals surface area (Å²) in [4.78, 5) is 1.45. The zero-order valence-corrected chi connectivity index (χ0v) is 12.9. The monoisotopic (exact) mass is 273 g/mol. The van der Waals surface area contributed by atoms with E-state index in [4.69, 9.17) is 0 Å². The Morgan fingerprint density at radius 2 is 2.00 bits per heavy atom. The lowest BCUT2D eigenvalue weighted by Gasteiger charge is -2.21. The molecule has 0 amide bonds. The molecule has 0 aliphatic carbocycles. The van der Waals surface area contributed by atoms with Crippen LogP contribution in [0.4, 0.5) is 0 Å². The lowest BCUT2D eigenvalue weighted by Crippen LogP contribution is -2.24. The van der Waals surface area contributed by atoms with Gasteiger partial charge in [0, 0.05) is 17.3 Å². The van der Waals surface area contributed by atoms with Gasteiger partial charge in [-0.1, -0.05) is 31.2 Å². The van der Waals surface area contributed by atoms with Crippen molar-refractivity contribution in [2.45, 2.75) is 39.7 Å². The van der Waals surface area contributed by atoms with Crippen LogP contribution in [0.25, 0.3) is 0 Å². The van der Waals surface area contributed by atoms with Gasteiger partial charge in [0.15, 0.2) is 0 Å². The maximum absolute atomic E-state index is 3.70. The molecule has 1 N–H and O–H groups in total. The summed E-state index contributed by atoms with van der Waals surface area (Å²) in [5.41, 5.74) is 4.25. The van der Waals surface area contributed by atoms with Crippen molar-refractivity contribution in [2.75, 3.05) is 6.54 Å². The second-order valence-electron chi connectivity index (χ2n) is 5.08. The molecular weight excluding hydrogens is 250 g/mol. The standard InChI is InChI=1S/C17H23NS/c1-4-10-18-17(12-15-8-6-11-19-15)16-9-5-7-13(2)14(16)3/h5-9,11,17-18H,4,10,12H2,1-3H3. The quantitative estimate of drug-likeness (QED) is 0.808. The van der Waals surface area contributed by atoms with Crippen LogP contribution in [-0.2, 0) is 6.42 Å². The van der Waals surface area contributed by atoms with Crippen LogP contribution in [-0.4, -0.2) is 6.54 Å². The molecule has 0 aliphatic heterocycles. The zero-order valence-electron chi connectivity index (χ0n) is 12.1. The lowest BCUT2D eigenvalue weighted by molar-refractivity contribution is 0.530. The van der Waals surface area contributed by atoms with E-state index in [1.165, 1.54) is 28.0 Å². The molecule has 0 aliphatic rings. The Labute approximate surface area is 120 Å². The van der Waals surface area contributed by atoms with Crippen molar-refractivity contribution in [3.63, 3.8) is 0 Å². The highest BCUT2D eigenvalue weighted by molar-refractivity contribution is 7.09. The van der Waals surface area contributed by atoms with Crippen molar-refractivity contribution in [1.82, 2.24) is 5.32 Å². The van der Waals surface area contributed by atoms with E-state index < -0.39 is 0 Å². The van der Waals surface area contributed by atoms with Gasteiger partial charge in [-0.25, -0.2) is 0 Å². The topological polar surface area (TPSA) is 12.0 Å². The SMILES string of the molecule is CCCNC(Cc1cccs1)c1cccc(C)c1C. The van der Waals surface area contributed by atoms with Gasteiger partial charge >= 0.3 is 0 Å². The largest absolute Gasteiger partial charge is 0.310 e. The lowest BCUT2D eigenvalue weighted by atomic mass is 9.95. The molecule has 2 heteroatoms. The van der Waals surface area contributed by atoms with Gasteiger partial charge in [-0.15, -0.1) is 11.3 Å². The number of nitrogens with one attached hydrogen (secondary N) is 1. The Kier molecular flexibility index (Phi) is 5.17. The molecule has 0 bridgehead atoms. The molecular formula is C17H23NS. The highest BCUT2D eigenvalue weighted by Gasteiger charge is 2.15. The van der Waals surface area contributed by atoms with Crippen LogP contribution >= 0.6 is 11.3 Å². The number of hydrogen-bond acceptors (Lipinski definition) is 2. The van der Waals surface area contributed by atoms with Crippen LogP contribution < -0.4 is 5.32 Å². The third-order valence-corrected chi connectivity index (χ3v) is 4.55. The maximum atomic E-state index is 3.70. The van der Waals surface area contributed by atoms with Gasteiger partial charge in [-0.05, 0) is 54.9 Å². The van der Waals surface area contributed by atoms with E-state index in [0.717, 1.165) is 13.0 Å². The van der Waals surface area contributed by atoms with Gasteiger partial charge in [0.25, 0.3) is 0 Å². The van der Waals surface area contributed by atoms with Gasteiger partial charge in [-0.3, -0.25) is 0 Å². The predicted octanol–water partition coefficient (Wildman–Crippen LogP) is 4.65. The second kappa shape index (κ2) is 6.88. The molecule has 1 aromatic heterocycles. The van der Waals surface area contributed by atoms with Gasteiger partial charge in [0.05, 0.1) is 0 Å². The van der Waals surface area contributed by atoms with E-state index >= 15 is 0 Å². The number of benzene rings is 1. The molecule has 102 valence electrons. The number of thiophene rings is 1. The summed E-state index contributed by atoms with van der Waals surface area (Å²) in [7, 11) is 0. The molecule has 0 saturated carbocycles. The third kappa shape index (κ3) is 3.68. The average Bonchev–Trinajstić information content (AvgIpc) is 2.91. The van der Waals surface area contributed by atoms with Crippen molar-refractivity contribution in [3.8, 4) is 0 Å². The molecule has 2 rings (SSSR count). The van der Waals surface area contributed by atoms with Gasteiger partial charge in [-0.2, -0.15) is 0 Å². The fourth-order valence-corrected chi connectivity index (χ4v) is 3.14. The Morgan fingerprint density at radius 3 is 2.68 bits per heavy atom. The summed E-state index contributed by atoms with van der Waals surface area (Å²) in [6, 6.07) is 11.4. The zero-order chi connectivity index (χ0) is 13.7. The smallest absolute Gasteiger partial charge is 0.0371 e. The first kappa shape index (κ1) is 14.3. The van der Waals surface area contributed by atoms with Crippen LogP contribution in [0.15, 0.2) is 35.7 Å². The van der Waals surface area contributed by atoms with Gasteiger partial charge in [0.1, 0.15) is 0 Å². The van der Waals surface area contributed by atoms with E-state index in [9.17, 15) is 0 Å². The Balaban J connectivity index is 2.23. The van der Waals surface area contributed by atoms with Crippen LogP contribution in [0, 0.1) is 13.8 Å². The van der Waals surface area contributed by atoms with E-state index in [0.29, 0.717) is 6.04 Å². The fourth-order valence-electron chi connectivity index (χ4n) is 2.39. The fraction of sp³-hybridized carbons (Fsp3) is 0.412. The molecule has 0 spiro atoms. The highest BCUT2D eigenvalue weighted by Crippen LogP contribution is 2.25. The molecule has 2 aromatic rings. The summed E-state index contributed by atoms with van der Waals surface area (Å²) in [5.74, 6) is 0. The number of rotatable bonds is 6. The molecule has 1 nitrogen and oxygen atoms in total. The minimum Gasteiger partial charge on any atom is -0.310 e. The van der Waals surface area contributed by atoms with E-state index in [1.54, 1.807) is 0 Å². The first-order valence-electron chi connectivity index (χ1n) is 7.04. The van der Waals surface area contributed by atoms with Gasteiger partial charge in [0.2, 0.25) is 0 Å². The first-order chi connectivity index (χ1) is 9.22. The Hall–Kier alpha value is -1.12. The van der Waals surface area contributed by atoms with Gasteiger partial charge < -0.3 is 5.32 Å². The normalized spacial score (nSPS) is 12.6. The van der Waals surface area contributed by atoms with Crippen LogP contribution in [0.1, 0.15) is 41.0 Å². The van der Waals surface area contributed by atoms with Crippen LogP contribution in [0.3, 0.4) is 0 Å². The molecule has 1 atom stereocenters. The second-order valence-corrected chi connectivity index (χ2v) is 6.11. The summed E-state index contributed by atoms with van der Waals surface area (Å²) in [6.45, 7) is 7.72. The van der Waals surface area contributed by atoms with Crippen molar-refractivity contribution >= 4 is 11.3 Å². The molecule has 19 heavy (non-hydrogen) atoms. The molecule has 0 saturated heterocycles. The first-order valence-corrected chi connectivity index (χ1v) is 7.92. The van der Waals surface area contributed by atoms with E-state index in [2.05, 4.69) is 61.8 Å². The summed E-state index contributed by atoms with van der Waals surface area (Å²) in [5, 5.41) is 5.86. The van der Waals surface area contributed by atoms with Crippen molar-refractivity contribution < 1.29 is 0 Å². The Bertz CT molecular complexity index is 502. The molecule has 1 aromatic carbocycles. The summed E-state index contributed by atoms with van der Waals surface area (Å²) >= 11 is 1.85. The number of hydrogen-bond donors (Lipinski definition) is 1. The Morgan fingerprint density at radius 1 is 1.16 bits per heavy atom. The van der Waals surface area contributed by atoms with E-state index in [-0.39, 0.29) is 0 Å². The predicted molar refractivity (Wildman–Crippen MR) is 85.0 cm³/mol. The van der Waals surface area contributed by atoms with E-state index in [1.807, 2.05) is 11.3 Å². The van der Waals surface area contributed by atoms with Crippen molar-refractivity contribution in [3.05, 3.63) is 57.3 Å². The summed E-state index contributed by atoms with van der Waals surface area (Å²) < 4.78 is 0. The maximum Gasteiger partial charge on any atom is 0.0371 e. The molecule has 0 fully saturated rings. The minimum atomic E-state index is 0.429.